The van der Waals surface area contributed by atoms with Crippen molar-refractivity contribution in [1.82, 2.24) is 10.2 Å². The summed E-state index contributed by atoms with van der Waals surface area (Å²) in [5.41, 5.74) is 1.64. The minimum Gasteiger partial charge on any atom is -0.391 e. The number of β-amino-alcohol motifs (C(OH)–C–C–N with tert-alkyl or cyclic N) is 1. The first-order valence-electron chi connectivity index (χ1n) is 7.57. The average Bonchev–Trinajstić information content (AvgIpc) is 2.87. The van der Waals surface area contributed by atoms with Crippen LogP contribution in [0.5, 0.6) is 0 Å². The second kappa shape index (κ2) is 7.94. The maximum Gasteiger partial charge on any atom is 0.318 e. The molecule has 1 saturated heterocycles. The first kappa shape index (κ1) is 17.2. The van der Waals surface area contributed by atoms with Crippen molar-refractivity contribution >= 4 is 17.6 Å². The van der Waals surface area contributed by atoms with Crippen molar-refractivity contribution in [3.8, 4) is 0 Å². The van der Waals surface area contributed by atoms with Crippen LogP contribution in [0.25, 0.3) is 0 Å². The van der Waals surface area contributed by atoms with E-state index in [9.17, 15) is 14.7 Å². The Morgan fingerprint density at radius 1 is 1.35 bits per heavy atom. The number of aliphatic hydroxyl groups excluding tert-OH is 1. The highest BCUT2D eigenvalue weighted by molar-refractivity contribution is 5.88. The number of likely N-dealkylation sites (tertiary alicyclic amines) is 1. The van der Waals surface area contributed by atoms with E-state index in [1.54, 1.807) is 24.1 Å². The van der Waals surface area contributed by atoms with E-state index in [0.29, 0.717) is 26.1 Å². The average molecular weight is 321 g/mol. The topological polar surface area (TPSA) is 90.9 Å². The van der Waals surface area contributed by atoms with Gasteiger partial charge in [0.25, 0.3) is 0 Å². The van der Waals surface area contributed by atoms with Crippen LogP contribution in [0.15, 0.2) is 24.3 Å². The molecule has 0 unspecified atom stereocenters. The number of carbonyl (C=O) groups is 2. The second-order valence-electron chi connectivity index (χ2n) is 5.69. The molecule has 1 aliphatic rings. The molecule has 0 bridgehead atoms. The minimum atomic E-state index is -0.502. The minimum absolute atomic E-state index is 0.0999. The van der Waals surface area contributed by atoms with Gasteiger partial charge in [-0.1, -0.05) is 12.1 Å². The van der Waals surface area contributed by atoms with Gasteiger partial charge in [0.1, 0.15) is 0 Å². The molecular weight excluding hydrogens is 298 g/mol. The van der Waals surface area contributed by atoms with Crippen LogP contribution in [0.2, 0.25) is 0 Å². The van der Waals surface area contributed by atoms with Crippen LogP contribution in [-0.4, -0.2) is 54.4 Å². The molecule has 1 aromatic carbocycles. The molecule has 0 spiro atoms. The van der Waals surface area contributed by atoms with E-state index < -0.39 is 6.10 Å². The molecule has 2 rings (SSSR count). The Balaban J connectivity index is 1.87. The molecule has 2 atom stereocenters. The molecule has 3 amide bonds. The van der Waals surface area contributed by atoms with Crippen LogP contribution in [0, 0.1) is 0 Å². The Morgan fingerprint density at radius 2 is 2.04 bits per heavy atom. The summed E-state index contributed by atoms with van der Waals surface area (Å²) >= 11 is 0. The molecule has 23 heavy (non-hydrogen) atoms. The molecule has 3 N–H and O–H groups in total. The Hall–Kier alpha value is -2.12. The summed E-state index contributed by atoms with van der Waals surface area (Å²) in [6.45, 7) is 2.57. The van der Waals surface area contributed by atoms with E-state index in [1.807, 2.05) is 12.1 Å². The van der Waals surface area contributed by atoms with Gasteiger partial charge < -0.3 is 25.4 Å². The lowest BCUT2D eigenvalue weighted by atomic mass is 10.2. The van der Waals surface area contributed by atoms with E-state index in [4.69, 9.17) is 4.74 Å². The molecule has 0 aromatic heterocycles. The van der Waals surface area contributed by atoms with Crippen molar-refractivity contribution in [2.45, 2.75) is 32.0 Å². The lowest BCUT2D eigenvalue weighted by Crippen LogP contribution is -2.44. The number of ether oxygens (including phenoxy) is 1. The van der Waals surface area contributed by atoms with Gasteiger partial charge in [0.05, 0.1) is 18.8 Å². The summed E-state index contributed by atoms with van der Waals surface area (Å²) in [6, 6.07) is 6.95. The first-order valence-corrected chi connectivity index (χ1v) is 7.57. The number of nitrogens with zero attached hydrogens (tertiary/aromatic N) is 1. The van der Waals surface area contributed by atoms with Gasteiger partial charge in [0.2, 0.25) is 5.91 Å². The lowest BCUT2D eigenvalue weighted by Gasteiger charge is -2.24. The number of hydrogen-bond donors (Lipinski definition) is 3. The number of nitrogens with one attached hydrogen (secondary N) is 2. The Bertz CT molecular complexity index is 547. The SMILES string of the molecule is COC[C@H]1C[C@@H](O)CN1C(=O)NCc1ccc(NC(C)=O)cc1. The number of rotatable bonds is 5. The number of aliphatic hydroxyl groups is 1. The number of urea groups is 1. The summed E-state index contributed by atoms with van der Waals surface area (Å²) in [6.07, 6.45) is 0.0324. The maximum absolute atomic E-state index is 12.3. The normalized spacial score (nSPS) is 20.4. The fourth-order valence-corrected chi connectivity index (χ4v) is 2.68. The van der Waals surface area contributed by atoms with Crippen molar-refractivity contribution in [3.63, 3.8) is 0 Å². The van der Waals surface area contributed by atoms with Gasteiger partial charge in [-0.15, -0.1) is 0 Å². The Kier molecular flexibility index (Phi) is 5.95. The van der Waals surface area contributed by atoms with Crippen molar-refractivity contribution in [2.24, 2.45) is 0 Å². The van der Waals surface area contributed by atoms with Gasteiger partial charge in [0.15, 0.2) is 0 Å². The van der Waals surface area contributed by atoms with Crippen LogP contribution >= 0.6 is 0 Å². The smallest absolute Gasteiger partial charge is 0.318 e. The van der Waals surface area contributed by atoms with Gasteiger partial charge in [-0.25, -0.2) is 4.79 Å². The second-order valence-corrected chi connectivity index (χ2v) is 5.69. The van der Waals surface area contributed by atoms with Crippen molar-refractivity contribution in [1.29, 1.82) is 0 Å². The number of amides is 3. The van der Waals surface area contributed by atoms with E-state index in [0.717, 1.165) is 11.3 Å². The standard InChI is InChI=1S/C16H23N3O4/c1-11(20)18-13-5-3-12(4-6-13)8-17-16(22)19-9-15(21)7-14(19)10-23-2/h3-6,14-15,21H,7-10H2,1-2H3,(H,17,22)(H,18,20)/t14-,15-/m1/s1. The predicted molar refractivity (Wildman–Crippen MR) is 86.0 cm³/mol. The predicted octanol–water partition coefficient (Wildman–Crippen LogP) is 0.936. The Morgan fingerprint density at radius 3 is 2.65 bits per heavy atom. The molecule has 7 heteroatoms. The van der Waals surface area contributed by atoms with Crippen LogP contribution in [0.1, 0.15) is 18.9 Å². The number of methoxy groups -OCH3 is 1. The monoisotopic (exact) mass is 321 g/mol. The van der Waals surface area contributed by atoms with Gasteiger partial charge in [0, 0.05) is 32.8 Å². The van der Waals surface area contributed by atoms with E-state index in [2.05, 4.69) is 10.6 Å². The zero-order chi connectivity index (χ0) is 16.8. The third-order valence-corrected chi connectivity index (χ3v) is 3.73. The van der Waals surface area contributed by atoms with E-state index in [1.165, 1.54) is 6.92 Å². The van der Waals surface area contributed by atoms with Crippen molar-refractivity contribution in [3.05, 3.63) is 29.8 Å². The summed E-state index contributed by atoms with van der Waals surface area (Å²) in [5.74, 6) is -0.122. The third-order valence-electron chi connectivity index (χ3n) is 3.73. The van der Waals surface area contributed by atoms with E-state index >= 15 is 0 Å². The molecule has 0 radical (unpaired) electrons. The fraction of sp³-hybridized carbons (Fsp3) is 0.500. The molecule has 7 nitrogen and oxygen atoms in total. The number of carbonyl (C=O) groups excluding carboxylic acids is 2. The van der Waals surface area contributed by atoms with Crippen molar-refractivity contribution in [2.75, 3.05) is 25.6 Å². The molecule has 1 aromatic rings. The maximum atomic E-state index is 12.3. The summed E-state index contributed by atoms with van der Waals surface area (Å²) in [7, 11) is 1.58. The molecule has 126 valence electrons. The molecule has 0 aliphatic carbocycles. The van der Waals surface area contributed by atoms with Gasteiger partial charge >= 0.3 is 6.03 Å². The quantitative estimate of drug-likeness (QED) is 0.752. The highest BCUT2D eigenvalue weighted by Gasteiger charge is 2.34. The van der Waals surface area contributed by atoms with Crippen LogP contribution in [0.3, 0.4) is 0 Å². The summed E-state index contributed by atoms with van der Waals surface area (Å²) < 4.78 is 5.09. The van der Waals surface area contributed by atoms with Crippen molar-refractivity contribution < 1.29 is 19.4 Å². The fourth-order valence-electron chi connectivity index (χ4n) is 2.68. The zero-order valence-corrected chi connectivity index (χ0v) is 13.4. The highest BCUT2D eigenvalue weighted by Crippen LogP contribution is 2.18. The third kappa shape index (κ3) is 4.94. The van der Waals surface area contributed by atoms with Crippen LogP contribution in [0.4, 0.5) is 10.5 Å². The summed E-state index contributed by atoms with van der Waals surface area (Å²) in [5, 5.41) is 15.3. The van der Waals surface area contributed by atoms with Gasteiger partial charge in [-0.3, -0.25) is 4.79 Å². The molecule has 1 heterocycles. The number of anilines is 1. The molecule has 0 saturated carbocycles. The largest absolute Gasteiger partial charge is 0.391 e. The first-order chi connectivity index (χ1) is 11.0. The number of benzene rings is 1. The molecule has 1 aliphatic heterocycles. The molecular formula is C16H23N3O4. The Labute approximate surface area is 135 Å². The summed E-state index contributed by atoms with van der Waals surface area (Å²) in [4.78, 5) is 24.8. The lowest BCUT2D eigenvalue weighted by molar-refractivity contribution is -0.114. The van der Waals surface area contributed by atoms with Crippen LogP contribution in [-0.2, 0) is 16.1 Å². The van der Waals surface area contributed by atoms with Crippen LogP contribution < -0.4 is 10.6 Å². The highest BCUT2D eigenvalue weighted by atomic mass is 16.5. The number of hydrogen-bond acceptors (Lipinski definition) is 4. The van der Waals surface area contributed by atoms with Gasteiger partial charge in [-0.05, 0) is 24.1 Å². The zero-order valence-electron chi connectivity index (χ0n) is 13.4. The van der Waals surface area contributed by atoms with E-state index in [-0.39, 0.29) is 18.0 Å². The molecule has 1 fully saturated rings. The van der Waals surface area contributed by atoms with Gasteiger partial charge in [-0.2, -0.15) is 0 Å².